The maximum absolute atomic E-state index is 12.2. The molecule has 5 heteroatoms. The van der Waals surface area contributed by atoms with Gasteiger partial charge >= 0.3 is 0 Å². The number of amides is 1. The Labute approximate surface area is 118 Å². The van der Waals surface area contributed by atoms with Crippen LogP contribution in [0.25, 0.3) is 0 Å². The third-order valence-electron chi connectivity index (χ3n) is 3.61. The lowest BCUT2D eigenvalue weighted by Crippen LogP contribution is -2.33. The van der Waals surface area contributed by atoms with E-state index in [2.05, 4.69) is 0 Å². The number of nitrogens with two attached hydrogens (primary N) is 1. The Balaban J connectivity index is 2.16. The molecule has 0 aromatic heterocycles. The minimum absolute atomic E-state index is 0.0236. The van der Waals surface area contributed by atoms with E-state index in [0.29, 0.717) is 24.4 Å². The Hall–Kier alpha value is -1.88. The first-order valence-corrected chi connectivity index (χ1v) is 6.72. The van der Waals surface area contributed by atoms with Crippen molar-refractivity contribution in [3.05, 3.63) is 29.3 Å². The van der Waals surface area contributed by atoms with Gasteiger partial charge in [0, 0.05) is 30.3 Å². The van der Waals surface area contributed by atoms with Gasteiger partial charge in [-0.05, 0) is 31.5 Å². The number of hydrogen-bond acceptors (Lipinski definition) is 4. The van der Waals surface area contributed by atoms with E-state index in [1.165, 1.54) is 6.92 Å². The minimum atomic E-state index is -0.0236. The molecule has 1 heterocycles. The van der Waals surface area contributed by atoms with Gasteiger partial charge in [0.15, 0.2) is 5.78 Å². The molecule has 0 radical (unpaired) electrons. The Kier molecular flexibility index (Phi) is 4.39. The molecule has 1 aliphatic heterocycles. The molecule has 1 saturated heterocycles. The number of Topliss-reactive ketones (excluding diaryl/α,β-unsaturated/α-hetero) is 1. The molecular formula is C15H20N2O3. The number of methoxy groups -OCH3 is 1. The highest BCUT2D eigenvalue weighted by atomic mass is 16.5. The summed E-state index contributed by atoms with van der Waals surface area (Å²) in [5.74, 6) is 0.633. The summed E-state index contributed by atoms with van der Waals surface area (Å²) in [7, 11) is 1.56. The van der Waals surface area contributed by atoms with Crippen LogP contribution in [0.2, 0.25) is 0 Å². The summed E-state index contributed by atoms with van der Waals surface area (Å²) in [5.41, 5.74) is 7.14. The van der Waals surface area contributed by atoms with Crippen LogP contribution in [0.3, 0.4) is 0 Å². The number of carbonyl (C=O) groups is 2. The standard InChI is InChI=1S/C15H20N2O3/c1-10(18)11-3-4-14(20-2)12(7-11)8-15(19)17-6-5-13(16)9-17/h3-4,7,13H,5-6,8-9,16H2,1-2H3/t13-/m1/s1. The van der Waals surface area contributed by atoms with Gasteiger partial charge in [-0.2, -0.15) is 0 Å². The van der Waals surface area contributed by atoms with E-state index in [4.69, 9.17) is 10.5 Å². The number of ketones is 1. The smallest absolute Gasteiger partial charge is 0.227 e. The highest BCUT2D eigenvalue weighted by Crippen LogP contribution is 2.22. The van der Waals surface area contributed by atoms with Crippen molar-refractivity contribution in [2.24, 2.45) is 5.73 Å². The molecule has 20 heavy (non-hydrogen) atoms. The van der Waals surface area contributed by atoms with Gasteiger partial charge in [-0.15, -0.1) is 0 Å². The Bertz CT molecular complexity index is 528. The fourth-order valence-corrected chi connectivity index (χ4v) is 2.42. The van der Waals surface area contributed by atoms with Crippen molar-refractivity contribution >= 4 is 11.7 Å². The lowest BCUT2D eigenvalue weighted by Gasteiger charge is -2.17. The molecule has 0 aliphatic carbocycles. The van der Waals surface area contributed by atoms with Gasteiger partial charge in [-0.25, -0.2) is 0 Å². The monoisotopic (exact) mass is 276 g/mol. The van der Waals surface area contributed by atoms with E-state index in [1.807, 2.05) is 0 Å². The molecule has 2 rings (SSSR count). The molecule has 1 aromatic rings. The number of benzene rings is 1. The SMILES string of the molecule is COc1ccc(C(C)=O)cc1CC(=O)N1CC[C@@H](N)C1. The third kappa shape index (κ3) is 3.17. The first-order valence-electron chi connectivity index (χ1n) is 6.72. The Morgan fingerprint density at radius 2 is 2.20 bits per heavy atom. The van der Waals surface area contributed by atoms with Crippen LogP contribution in [-0.4, -0.2) is 42.8 Å². The molecule has 0 spiro atoms. The van der Waals surface area contributed by atoms with Gasteiger partial charge in [-0.3, -0.25) is 9.59 Å². The molecule has 2 N–H and O–H groups in total. The van der Waals surface area contributed by atoms with Gasteiger partial charge in [0.1, 0.15) is 5.75 Å². The lowest BCUT2D eigenvalue weighted by atomic mass is 10.0. The van der Waals surface area contributed by atoms with Crippen LogP contribution >= 0.6 is 0 Å². The van der Waals surface area contributed by atoms with Gasteiger partial charge in [0.2, 0.25) is 5.91 Å². The van der Waals surface area contributed by atoms with Crippen molar-refractivity contribution in [1.82, 2.24) is 4.90 Å². The molecule has 0 saturated carbocycles. The average molecular weight is 276 g/mol. The van der Waals surface area contributed by atoms with Crippen molar-refractivity contribution in [2.75, 3.05) is 20.2 Å². The van der Waals surface area contributed by atoms with Gasteiger partial charge in [0.05, 0.1) is 13.5 Å². The van der Waals surface area contributed by atoms with Crippen LogP contribution in [-0.2, 0) is 11.2 Å². The zero-order chi connectivity index (χ0) is 14.7. The number of hydrogen-bond donors (Lipinski definition) is 1. The van der Waals surface area contributed by atoms with E-state index in [1.54, 1.807) is 30.2 Å². The van der Waals surface area contributed by atoms with Crippen molar-refractivity contribution in [3.63, 3.8) is 0 Å². The van der Waals surface area contributed by atoms with Crippen molar-refractivity contribution in [1.29, 1.82) is 0 Å². The average Bonchev–Trinajstić information content (AvgIpc) is 2.85. The zero-order valence-electron chi connectivity index (χ0n) is 11.9. The first kappa shape index (κ1) is 14.5. The Morgan fingerprint density at radius 1 is 1.45 bits per heavy atom. The highest BCUT2D eigenvalue weighted by molar-refractivity contribution is 5.94. The number of carbonyl (C=O) groups excluding carboxylic acids is 2. The molecule has 108 valence electrons. The molecule has 1 atom stereocenters. The molecule has 0 bridgehead atoms. The second kappa shape index (κ2) is 6.05. The van der Waals surface area contributed by atoms with Gasteiger partial charge in [-0.1, -0.05) is 0 Å². The Morgan fingerprint density at radius 3 is 2.75 bits per heavy atom. The maximum atomic E-state index is 12.2. The second-order valence-electron chi connectivity index (χ2n) is 5.15. The fraction of sp³-hybridized carbons (Fsp3) is 0.467. The molecule has 5 nitrogen and oxygen atoms in total. The van der Waals surface area contributed by atoms with E-state index >= 15 is 0 Å². The van der Waals surface area contributed by atoms with E-state index in [0.717, 1.165) is 12.0 Å². The normalized spacial score (nSPS) is 18.1. The molecule has 1 fully saturated rings. The quantitative estimate of drug-likeness (QED) is 0.833. The lowest BCUT2D eigenvalue weighted by molar-refractivity contribution is -0.129. The summed E-state index contributed by atoms with van der Waals surface area (Å²) in [4.78, 5) is 25.4. The summed E-state index contributed by atoms with van der Waals surface area (Å²) >= 11 is 0. The summed E-state index contributed by atoms with van der Waals surface area (Å²) in [6.45, 7) is 2.81. The minimum Gasteiger partial charge on any atom is -0.496 e. The zero-order valence-corrected chi connectivity index (χ0v) is 11.9. The summed E-state index contributed by atoms with van der Waals surface area (Å²) in [5, 5.41) is 0. The van der Waals surface area contributed by atoms with Crippen molar-refractivity contribution in [2.45, 2.75) is 25.8 Å². The molecule has 1 aliphatic rings. The summed E-state index contributed by atoms with van der Waals surface area (Å²) in [6, 6.07) is 5.25. The van der Waals surface area contributed by atoms with Crippen LogP contribution in [0.15, 0.2) is 18.2 Å². The predicted octanol–water partition coefficient (Wildman–Crippen LogP) is 1.000. The second-order valence-corrected chi connectivity index (χ2v) is 5.15. The summed E-state index contributed by atoms with van der Waals surface area (Å²) in [6.07, 6.45) is 1.08. The number of rotatable bonds is 4. The van der Waals surface area contributed by atoms with Crippen molar-refractivity contribution in [3.8, 4) is 5.75 Å². The summed E-state index contributed by atoms with van der Waals surface area (Å²) < 4.78 is 5.26. The van der Waals surface area contributed by atoms with Crippen LogP contribution in [0.5, 0.6) is 5.75 Å². The predicted molar refractivity (Wildman–Crippen MR) is 75.9 cm³/mol. The maximum Gasteiger partial charge on any atom is 0.227 e. The van der Waals surface area contributed by atoms with Crippen LogP contribution < -0.4 is 10.5 Å². The molecule has 1 aromatic carbocycles. The molecule has 1 amide bonds. The topological polar surface area (TPSA) is 72.6 Å². The largest absolute Gasteiger partial charge is 0.496 e. The van der Waals surface area contributed by atoms with Crippen LogP contribution in [0.4, 0.5) is 0 Å². The fourth-order valence-electron chi connectivity index (χ4n) is 2.42. The molecular weight excluding hydrogens is 256 g/mol. The van der Waals surface area contributed by atoms with Crippen molar-refractivity contribution < 1.29 is 14.3 Å². The number of nitrogens with zero attached hydrogens (tertiary/aromatic N) is 1. The van der Waals surface area contributed by atoms with Crippen LogP contribution in [0, 0.1) is 0 Å². The first-order chi connectivity index (χ1) is 9.51. The van der Waals surface area contributed by atoms with Crippen LogP contribution in [0.1, 0.15) is 29.3 Å². The number of likely N-dealkylation sites (tertiary alicyclic amines) is 1. The molecule has 0 unspecified atom stereocenters. The number of ether oxygens (including phenoxy) is 1. The van der Waals surface area contributed by atoms with E-state index in [9.17, 15) is 9.59 Å². The highest BCUT2D eigenvalue weighted by Gasteiger charge is 2.24. The van der Waals surface area contributed by atoms with Gasteiger partial charge in [0.25, 0.3) is 0 Å². The van der Waals surface area contributed by atoms with E-state index in [-0.39, 0.29) is 24.2 Å². The van der Waals surface area contributed by atoms with E-state index < -0.39 is 0 Å². The third-order valence-corrected chi connectivity index (χ3v) is 3.61. The van der Waals surface area contributed by atoms with Gasteiger partial charge < -0.3 is 15.4 Å².